The van der Waals surface area contributed by atoms with Crippen LogP contribution in [-0.2, 0) is 4.74 Å². The molecule has 0 aliphatic carbocycles. The second-order valence-electron chi connectivity index (χ2n) is 4.95. The van der Waals surface area contributed by atoms with Crippen LogP contribution in [0.25, 0.3) is 11.3 Å². The van der Waals surface area contributed by atoms with Crippen molar-refractivity contribution in [2.24, 2.45) is 0 Å². The lowest BCUT2D eigenvalue weighted by atomic mass is 10.1. The average molecular weight is 301 g/mol. The summed E-state index contributed by atoms with van der Waals surface area (Å²) in [5.74, 6) is 0.200. The van der Waals surface area contributed by atoms with E-state index in [1.54, 1.807) is 31.4 Å². The van der Waals surface area contributed by atoms with Gasteiger partial charge in [-0.1, -0.05) is 12.1 Å². The fraction of sp³-hybridized carbons (Fsp3) is 0.267. The number of nitrogens with zero attached hydrogens (tertiary/aromatic N) is 2. The number of nitrogen functional groups attached to an aromatic ring is 2. The third-order valence-corrected chi connectivity index (χ3v) is 2.98. The van der Waals surface area contributed by atoms with Crippen molar-refractivity contribution >= 4 is 17.7 Å². The monoisotopic (exact) mass is 301 g/mol. The van der Waals surface area contributed by atoms with Gasteiger partial charge in [0.2, 0.25) is 5.95 Å². The van der Waals surface area contributed by atoms with Crippen LogP contribution in [0.1, 0.15) is 17.3 Å². The lowest BCUT2D eigenvalue weighted by Gasteiger charge is -2.13. The molecule has 5 N–H and O–H groups in total. The van der Waals surface area contributed by atoms with Gasteiger partial charge in [0.25, 0.3) is 5.91 Å². The molecule has 0 bridgehead atoms. The van der Waals surface area contributed by atoms with Crippen LogP contribution in [0.3, 0.4) is 0 Å². The van der Waals surface area contributed by atoms with Gasteiger partial charge < -0.3 is 21.5 Å². The fourth-order valence-corrected chi connectivity index (χ4v) is 2.05. The molecule has 0 aliphatic heterocycles. The van der Waals surface area contributed by atoms with Crippen molar-refractivity contribution in [3.8, 4) is 11.3 Å². The summed E-state index contributed by atoms with van der Waals surface area (Å²) < 4.78 is 5.00. The van der Waals surface area contributed by atoms with Gasteiger partial charge in [0.15, 0.2) is 0 Å². The summed E-state index contributed by atoms with van der Waals surface area (Å²) in [6.45, 7) is 2.32. The van der Waals surface area contributed by atoms with Gasteiger partial charge in [-0.2, -0.15) is 4.98 Å². The summed E-state index contributed by atoms with van der Waals surface area (Å²) in [4.78, 5) is 20.2. The Morgan fingerprint density at radius 3 is 2.77 bits per heavy atom. The quantitative estimate of drug-likeness (QED) is 0.760. The summed E-state index contributed by atoms with van der Waals surface area (Å²) in [6.07, 6.45) is 0. The Labute approximate surface area is 128 Å². The number of aromatic nitrogens is 2. The second-order valence-corrected chi connectivity index (χ2v) is 4.95. The molecule has 7 heteroatoms. The van der Waals surface area contributed by atoms with Crippen LogP contribution in [0.2, 0.25) is 0 Å². The zero-order chi connectivity index (χ0) is 16.1. The molecule has 116 valence electrons. The molecule has 0 spiro atoms. The first-order valence-electron chi connectivity index (χ1n) is 6.80. The molecular weight excluding hydrogens is 282 g/mol. The van der Waals surface area contributed by atoms with Crippen molar-refractivity contribution in [3.63, 3.8) is 0 Å². The Morgan fingerprint density at radius 2 is 2.09 bits per heavy atom. The van der Waals surface area contributed by atoms with Crippen LogP contribution in [0.4, 0.5) is 11.8 Å². The number of ether oxygens (including phenoxy) is 1. The summed E-state index contributed by atoms with van der Waals surface area (Å²) in [6, 6.07) is 8.60. The Kier molecular flexibility index (Phi) is 4.90. The number of nitrogens with one attached hydrogen (secondary N) is 1. The smallest absolute Gasteiger partial charge is 0.251 e. The molecule has 1 aromatic heterocycles. The Bertz CT molecular complexity index is 654. The molecule has 1 unspecified atom stereocenters. The van der Waals surface area contributed by atoms with Crippen LogP contribution in [-0.4, -0.2) is 35.6 Å². The van der Waals surface area contributed by atoms with E-state index in [-0.39, 0.29) is 23.7 Å². The van der Waals surface area contributed by atoms with Gasteiger partial charge in [0, 0.05) is 30.3 Å². The highest BCUT2D eigenvalue weighted by atomic mass is 16.5. The molecule has 22 heavy (non-hydrogen) atoms. The normalized spacial score (nSPS) is 11.9. The predicted octanol–water partition coefficient (Wildman–Crippen LogP) is 1.07. The molecule has 2 rings (SSSR count). The van der Waals surface area contributed by atoms with Crippen molar-refractivity contribution in [1.29, 1.82) is 0 Å². The predicted molar refractivity (Wildman–Crippen MR) is 85.1 cm³/mol. The standard InChI is InChI=1S/C15H19N5O2/c1-9(8-22-2)18-14(21)11-5-3-4-10(6-11)12-7-13(16)20-15(17)19-12/h3-7,9H,8H2,1-2H3,(H,18,21)(H4,16,17,19,20). The van der Waals surface area contributed by atoms with E-state index >= 15 is 0 Å². The maximum atomic E-state index is 12.2. The number of hydrogen-bond donors (Lipinski definition) is 3. The first-order valence-corrected chi connectivity index (χ1v) is 6.80. The number of benzene rings is 1. The van der Waals surface area contributed by atoms with Gasteiger partial charge in [-0.15, -0.1) is 0 Å². The minimum atomic E-state index is -0.179. The lowest BCUT2D eigenvalue weighted by molar-refractivity contribution is 0.0905. The molecule has 7 nitrogen and oxygen atoms in total. The number of hydrogen-bond acceptors (Lipinski definition) is 6. The molecule has 1 aromatic carbocycles. The van der Waals surface area contributed by atoms with E-state index < -0.39 is 0 Å². The molecule has 1 atom stereocenters. The Morgan fingerprint density at radius 1 is 1.32 bits per heavy atom. The van der Waals surface area contributed by atoms with E-state index in [1.807, 2.05) is 13.0 Å². The highest BCUT2D eigenvalue weighted by Crippen LogP contribution is 2.20. The first kappa shape index (κ1) is 15.7. The number of anilines is 2. The molecule has 0 saturated carbocycles. The molecule has 0 fully saturated rings. The van der Waals surface area contributed by atoms with E-state index in [0.29, 0.717) is 17.9 Å². The summed E-state index contributed by atoms with van der Waals surface area (Å²) in [5, 5.41) is 2.85. The molecule has 1 heterocycles. The third-order valence-electron chi connectivity index (χ3n) is 2.98. The van der Waals surface area contributed by atoms with Crippen molar-refractivity contribution < 1.29 is 9.53 Å². The molecule has 1 amide bonds. The maximum absolute atomic E-state index is 12.2. The lowest BCUT2D eigenvalue weighted by Crippen LogP contribution is -2.35. The number of amides is 1. The van der Waals surface area contributed by atoms with Gasteiger partial charge in [-0.25, -0.2) is 4.98 Å². The molecule has 0 saturated heterocycles. The van der Waals surface area contributed by atoms with Crippen LogP contribution in [0, 0.1) is 0 Å². The van der Waals surface area contributed by atoms with Gasteiger partial charge in [0.1, 0.15) is 5.82 Å². The topological polar surface area (TPSA) is 116 Å². The molecular formula is C15H19N5O2. The van der Waals surface area contributed by atoms with Crippen molar-refractivity contribution in [3.05, 3.63) is 35.9 Å². The average Bonchev–Trinajstić information content (AvgIpc) is 2.46. The van der Waals surface area contributed by atoms with Gasteiger partial charge in [-0.3, -0.25) is 4.79 Å². The number of carbonyl (C=O) groups excluding carboxylic acids is 1. The summed E-state index contributed by atoms with van der Waals surface area (Å²) >= 11 is 0. The van der Waals surface area contributed by atoms with Crippen LogP contribution in [0.5, 0.6) is 0 Å². The largest absolute Gasteiger partial charge is 0.384 e. The minimum Gasteiger partial charge on any atom is -0.384 e. The van der Waals surface area contributed by atoms with E-state index in [0.717, 1.165) is 5.56 Å². The summed E-state index contributed by atoms with van der Waals surface area (Å²) in [7, 11) is 1.59. The third kappa shape index (κ3) is 3.92. The van der Waals surface area contributed by atoms with Crippen LogP contribution >= 0.6 is 0 Å². The van der Waals surface area contributed by atoms with Crippen molar-refractivity contribution in [1.82, 2.24) is 15.3 Å². The van der Waals surface area contributed by atoms with Crippen molar-refractivity contribution in [2.45, 2.75) is 13.0 Å². The zero-order valence-corrected chi connectivity index (χ0v) is 12.5. The van der Waals surface area contributed by atoms with E-state index in [1.165, 1.54) is 0 Å². The highest BCUT2D eigenvalue weighted by Gasteiger charge is 2.11. The Balaban J connectivity index is 2.24. The number of nitrogens with two attached hydrogens (primary N) is 2. The number of carbonyl (C=O) groups is 1. The maximum Gasteiger partial charge on any atom is 0.251 e. The fourth-order valence-electron chi connectivity index (χ4n) is 2.05. The van der Waals surface area contributed by atoms with E-state index in [4.69, 9.17) is 16.2 Å². The molecule has 0 aliphatic rings. The van der Waals surface area contributed by atoms with Gasteiger partial charge in [0.05, 0.1) is 12.3 Å². The number of rotatable bonds is 5. The summed E-state index contributed by atoms with van der Waals surface area (Å²) in [5.41, 5.74) is 13.1. The van der Waals surface area contributed by atoms with E-state index in [9.17, 15) is 4.79 Å². The Hall–Kier alpha value is -2.67. The number of methoxy groups -OCH3 is 1. The van der Waals surface area contributed by atoms with Gasteiger partial charge >= 0.3 is 0 Å². The van der Waals surface area contributed by atoms with Crippen LogP contribution < -0.4 is 16.8 Å². The highest BCUT2D eigenvalue weighted by molar-refractivity contribution is 5.95. The van der Waals surface area contributed by atoms with Gasteiger partial charge in [-0.05, 0) is 19.1 Å². The minimum absolute atomic E-state index is 0.0773. The van der Waals surface area contributed by atoms with Crippen molar-refractivity contribution in [2.75, 3.05) is 25.2 Å². The SMILES string of the molecule is COCC(C)NC(=O)c1cccc(-c2cc(N)nc(N)n2)c1. The van der Waals surface area contributed by atoms with E-state index in [2.05, 4.69) is 15.3 Å². The second kappa shape index (κ2) is 6.86. The molecule has 0 radical (unpaired) electrons. The van der Waals surface area contributed by atoms with Crippen LogP contribution in [0.15, 0.2) is 30.3 Å². The zero-order valence-electron chi connectivity index (χ0n) is 12.5. The molecule has 2 aromatic rings. The first-order chi connectivity index (χ1) is 10.5.